The Balaban J connectivity index is 1.41. The van der Waals surface area contributed by atoms with Crippen molar-refractivity contribution in [2.75, 3.05) is 19.5 Å². The van der Waals surface area contributed by atoms with Crippen molar-refractivity contribution in [1.29, 1.82) is 0 Å². The summed E-state index contributed by atoms with van der Waals surface area (Å²) in [5.41, 5.74) is 3.47. The Bertz CT molecular complexity index is 2180. The quantitative estimate of drug-likeness (QED) is 0.181. The minimum Gasteiger partial charge on any atom is -0.497 e. The molecule has 6 rings (SSSR count). The van der Waals surface area contributed by atoms with Crippen LogP contribution in [0.25, 0.3) is 6.08 Å². The first kappa shape index (κ1) is 32.2. The summed E-state index contributed by atoms with van der Waals surface area (Å²) in [4.78, 5) is 33.2. The molecule has 0 aliphatic carbocycles. The highest BCUT2D eigenvalue weighted by Gasteiger charge is 2.33. The average Bonchev–Trinajstić information content (AvgIpc) is 3.37. The molecule has 1 atom stereocenters. The zero-order valence-electron chi connectivity index (χ0n) is 25.6. The summed E-state index contributed by atoms with van der Waals surface area (Å²) in [5, 5.41) is 2.96. The molecule has 1 aliphatic heterocycles. The monoisotopic (exact) mass is 761 g/mol. The molecule has 2 heterocycles. The van der Waals surface area contributed by atoms with Gasteiger partial charge in [-0.05, 0) is 101 Å². The van der Waals surface area contributed by atoms with Gasteiger partial charge in [-0.25, -0.2) is 9.38 Å². The molecule has 4 aromatic carbocycles. The van der Waals surface area contributed by atoms with Crippen LogP contribution >= 0.6 is 33.9 Å². The fourth-order valence-electron chi connectivity index (χ4n) is 5.31. The zero-order chi connectivity index (χ0) is 33.1. The Labute approximate surface area is 287 Å². The number of para-hydroxylation sites is 1. The second-order valence-corrected chi connectivity index (χ2v) is 12.8. The Hall–Kier alpha value is -4.75. The van der Waals surface area contributed by atoms with Crippen molar-refractivity contribution in [2.24, 2.45) is 4.99 Å². The lowest BCUT2D eigenvalue weighted by Crippen LogP contribution is -2.40. The van der Waals surface area contributed by atoms with Crippen LogP contribution < -0.4 is 34.4 Å². The molecule has 238 valence electrons. The Morgan fingerprint density at radius 3 is 2.51 bits per heavy atom. The number of aromatic nitrogens is 1. The number of rotatable bonds is 9. The zero-order valence-corrected chi connectivity index (χ0v) is 28.6. The van der Waals surface area contributed by atoms with Crippen molar-refractivity contribution >= 4 is 51.6 Å². The maximum absolute atomic E-state index is 14.2. The van der Waals surface area contributed by atoms with Crippen molar-refractivity contribution in [3.8, 4) is 17.2 Å². The third-order valence-corrected chi connectivity index (χ3v) is 9.34. The van der Waals surface area contributed by atoms with Crippen LogP contribution in [0, 0.1) is 9.39 Å². The molecule has 1 aromatic heterocycles. The lowest BCUT2D eigenvalue weighted by molar-refractivity contribution is -0.113. The average molecular weight is 762 g/mol. The summed E-state index contributed by atoms with van der Waals surface area (Å²) < 4.78 is 33.3. The van der Waals surface area contributed by atoms with E-state index in [-0.39, 0.29) is 23.9 Å². The van der Waals surface area contributed by atoms with E-state index in [1.165, 1.54) is 23.5 Å². The highest BCUT2D eigenvalue weighted by molar-refractivity contribution is 14.1. The number of ether oxygens (including phenoxy) is 3. The van der Waals surface area contributed by atoms with Gasteiger partial charge >= 0.3 is 0 Å². The van der Waals surface area contributed by atoms with Crippen LogP contribution in [0.3, 0.4) is 0 Å². The van der Waals surface area contributed by atoms with Crippen LogP contribution in [-0.2, 0) is 11.4 Å². The molecule has 0 spiro atoms. The second-order valence-electron chi connectivity index (χ2n) is 10.6. The first-order valence-electron chi connectivity index (χ1n) is 14.5. The standard InChI is InChI=1S/C36H29FIN3O5S/c1-21-31(34(42)40-26-9-5-4-6-10-26)32(24-8-7-11-27(19-24)44-2)41-35(43)30(47-36(41)39-21)18-23-16-28(38)33(29(17-23)45-3)46-20-22-12-14-25(37)15-13-22/h4-19,32H,20H2,1-3H3,(H,40,42)/b30-18-/t32-/m1/s1. The third-order valence-electron chi connectivity index (χ3n) is 7.55. The smallest absolute Gasteiger partial charge is 0.271 e. The summed E-state index contributed by atoms with van der Waals surface area (Å²) >= 11 is 3.41. The number of nitrogens with one attached hydrogen (secondary N) is 1. The molecular formula is C36H29FIN3O5S. The van der Waals surface area contributed by atoms with Gasteiger partial charge in [0.1, 0.15) is 18.2 Å². The molecule has 0 fully saturated rings. The fourth-order valence-corrected chi connectivity index (χ4v) is 7.14. The molecule has 0 saturated heterocycles. The maximum atomic E-state index is 14.2. The number of methoxy groups -OCH3 is 2. The van der Waals surface area contributed by atoms with Gasteiger partial charge in [0.2, 0.25) is 0 Å². The van der Waals surface area contributed by atoms with Gasteiger partial charge in [-0.2, -0.15) is 0 Å². The third kappa shape index (κ3) is 6.86. The Morgan fingerprint density at radius 1 is 1.02 bits per heavy atom. The number of carbonyl (C=O) groups excluding carboxylic acids is 1. The second kappa shape index (κ2) is 13.9. The van der Waals surface area contributed by atoms with Gasteiger partial charge in [0.05, 0.1) is 39.6 Å². The number of fused-ring (bicyclic) bond motifs is 1. The van der Waals surface area contributed by atoms with Crippen LogP contribution in [0.2, 0.25) is 0 Å². The molecule has 8 nitrogen and oxygen atoms in total. The molecular weight excluding hydrogens is 732 g/mol. The lowest BCUT2D eigenvalue weighted by Gasteiger charge is -2.25. The van der Waals surface area contributed by atoms with Crippen LogP contribution in [0.15, 0.2) is 112 Å². The predicted octanol–water partition coefficient (Wildman–Crippen LogP) is 6.21. The summed E-state index contributed by atoms with van der Waals surface area (Å²) in [6.07, 6.45) is 1.78. The summed E-state index contributed by atoms with van der Waals surface area (Å²) in [7, 11) is 3.12. The lowest BCUT2D eigenvalue weighted by atomic mass is 9.95. The normalized spacial score (nSPS) is 14.3. The summed E-state index contributed by atoms with van der Waals surface area (Å²) in [6, 6.07) is 25.6. The van der Waals surface area contributed by atoms with Crippen LogP contribution in [-0.4, -0.2) is 24.7 Å². The van der Waals surface area contributed by atoms with E-state index in [2.05, 4.69) is 27.9 Å². The Morgan fingerprint density at radius 2 is 1.79 bits per heavy atom. The van der Waals surface area contributed by atoms with Gasteiger partial charge in [-0.1, -0.05) is 53.8 Å². The molecule has 47 heavy (non-hydrogen) atoms. The molecule has 1 N–H and O–H groups in total. The number of nitrogens with zero attached hydrogens (tertiary/aromatic N) is 2. The summed E-state index contributed by atoms with van der Waals surface area (Å²) in [5.74, 6) is 0.967. The largest absolute Gasteiger partial charge is 0.497 e. The minimum atomic E-state index is -0.746. The fraction of sp³-hybridized carbons (Fsp3) is 0.139. The topological polar surface area (TPSA) is 91.2 Å². The van der Waals surface area contributed by atoms with Crippen molar-refractivity contribution in [2.45, 2.75) is 19.6 Å². The predicted molar refractivity (Wildman–Crippen MR) is 188 cm³/mol. The molecule has 1 aliphatic rings. The molecule has 0 bridgehead atoms. The number of amides is 1. The summed E-state index contributed by atoms with van der Waals surface area (Å²) in [6.45, 7) is 2.01. The van der Waals surface area contributed by atoms with Crippen LogP contribution in [0.4, 0.5) is 10.1 Å². The highest BCUT2D eigenvalue weighted by Crippen LogP contribution is 2.35. The van der Waals surface area contributed by atoms with E-state index in [9.17, 15) is 14.0 Å². The number of allylic oxidation sites excluding steroid dienone is 1. The number of halogens is 2. The van der Waals surface area contributed by atoms with Crippen LogP contribution in [0.5, 0.6) is 17.2 Å². The SMILES string of the molecule is COc1cccc([C@@H]2C(C(=O)Nc3ccccc3)=C(C)N=c3s/c(=C\c4cc(I)c(OCc5ccc(F)cc5)c(OC)c4)c(=O)n32)c1. The van der Waals surface area contributed by atoms with Gasteiger partial charge in [0.15, 0.2) is 16.3 Å². The molecule has 0 unspecified atom stereocenters. The van der Waals surface area contributed by atoms with E-state index in [0.29, 0.717) is 49.1 Å². The van der Waals surface area contributed by atoms with Gasteiger partial charge < -0.3 is 19.5 Å². The van der Waals surface area contributed by atoms with E-state index in [1.54, 1.807) is 62.1 Å². The Kier molecular flexibility index (Phi) is 9.55. The molecule has 0 saturated carbocycles. The van der Waals surface area contributed by atoms with Crippen molar-refractivity contribution in [3.63, 3.8) is 0 Å². The maximum Gasteiger partial charge on any atom is 0.271 e. The number of thiazole rings is 1. The van der Waals surface area contributed by atoms with E-state index in [4.69, 9.17) is 19.2 Å². The van der Waals surface area contributed by atoms with E-state index in [0.717, 1.165) is 14.7 Å². The van der Waals surface area contributed by atoms with E-state index < -0.39 is 6.04 Å². The van der Waals surface area contributed by atoms with Gasteiger partial charge in [0, 0.05) is 5.69 Å². The number of carbonyl (C=O) groups is 1. The number of anilines is 1. The first-order valence-corrected chi connectivity index (χ1v) is 16.4. The van der Waals surface area contributed by atoms with E-state index >= 15 is 0 Å². The van der Waals surface area contributed by atoms with Gasteiger partial charge in [0.25, 0.3) is 11.5 Å². The van der Waals surface area contributed by atoms with E-state index in [1.807, 2.05) is 48.5 Å². The van der Waals surface area contributed by atoms with Crippen molar-refractivity contribution < 1.29 is 23.4 Å². The van der Waals surface area contributed by atoms with Crippen LogP contribution in [0.1, 0.15) is 29.7 Å². The number of hydrogen-bond donors (Lipinski definition) is 1. The van der Waals surface area contributed by atoms with Crippen molar-refractivity contribution in [1.82, 2.24) is 4.57 Å². The molecule has 0 radical (unpaired) electrons. The van der Waals surface area contributed by atoms with Gasteiger partial charge in [-0.3, -0.25) is 14.2 Å². The minimum absolute atomic E-state index is 0.231. The molecule has 1 amide bonds. The first-order chi connectivity index (χ1) is 22.7. The molecule has 11 heteroatoms. The number of hydrogen-bond acceptors (Lipinski definition) is 7. The number of benzene rings is 4. The van der Waals surface area contributed by atoms with Crippen molar-refractivity contribution in [3.05, 3.63) is 148 Å². The molecule has 5 aromatic rings. The van der Waals surface area contributed by atoms with Gasteiger partial charge in [-0.15, -0.1) is 0 Å². The highest BCUT2D eigenvalue weighted by atomic mass is 127.